The highest BCUT2D eigenvalue weighted by molar-refractivity contribution is 9.10. The van der Waals surface area contributed by atoms with Crippen molar-refractivity contribution in [3.05, 3.63) is 128 Å². The molecule has 196 valence electrons. The van der Waals surface area contributed by atoms with Crippen LogP contribution in [0.5, 0.6) is 0 Å². The number of hydrogen-bond acceptors (Lipinski definition) is 5. The summed E-state index contributed by atoms with van der Waals surface area (Å²) < 4.78 is 2.91. The minimum Gasteiger partial charge on any atom is -0.337 e. The van der Waals surface area contributed by atoms with Gasteiger partial charge >= 0.3 is 0 Å². The number of nitrogens with zero attached hydrogens (tertiary/aromatic N) is 5. The summed E-state index contributed by atoms with van der Waals surface area (Å²) >= 11 is 16.4. The molecule has 4 aromatic carbocycles. The summed E-state index contributed by atoms with van der Waals surface area (Å²) in [4.78, 5) is 12.5. The van der Waals surface area contributed by atoms with Crippen LogP contribution in [0.2, 0.25) is 10.0 Å². The topological polar surface area (TPSA) is 57.8 Å². The van der Waals surface area contributed by atoms with Gasteiger partial charge in [-0.2, -0.15) is 5.10 Å². The number of para-hydroxylation sites is 3. The zero-order valence-electron chi connectivity index (χ0n) is 21.2. The van der Waals surface area contributed by atoms with Gasteiger partial charge in [0, 0.05) is 25.8 Å². The number of hydrogen-bond donors (Lipinski definition) is 1. The fourth-order valence-electron chi connectivity index (χ4n) is 5.30. The van der Waals surface area contributed by atoms with E-state index in [9.17, 15) is 0 Å². The van der Waals surface area contributed by atoms with Crippen molar-refractivity contribution < 1.29 is 0 Å². The molecule has 0 aliphatic carbocycles. The maximum atomic E-state index is 6.34. The van der Waals surface area contributed by atoms with Crippen LogP contribution in [0.1, 0.15) is 22.9 Å². The monoisotopic (exact) mass is 626 g/mol. The van der Waals surface area contributed by atoms with Crippen molar-refractivity contribution in [2.24, 2.45) is 9.98 Å². The Morgan fingerprint density at radius 3 is 2.35 bits per heavy atom. The molecular weight excluding hydrogens is 607 g/mol. The summed E-state index contributed by atoms with van der Waals surface area (Å²) in [6.07, 6.45) is 0. The molecule has 3 heterocycles. The van der Waals surface area contributed by atoms with Crippen LogP contribution in [0.4, 0.5) is 22.9 Å². The molecule has 0 spiro atoms. The van der Waals surface area contributed by atoms with E-state index >= 15 is 0 Å². The van der Waals surface area contributed by atoms with Gasteiger partial charge in [-0.3, -0.25) is 0 Å². The van der Waals surface area contributed by atoms with Crippen LogP contribution in [0.3, 0.4) is 0 Å². The molecule has 2 aliphatic rings. The molecule has 7 rings (SSSR count). The van der Waals surface area contributed by atoms with E-state index in [1.165, 1.54) is 0 Å². The first-order valence-corrected chi connectivity index (χ1v) is 14.2. The molecule has 5 aromatic rings. The predicted octanol–water partition coefficient (Wildman–Crippen LogP) is 9.05. The minimum absolute atomic E-state index is 0.214. The van der Waals surface area contributed by atoms with Gasteiger partial charge in [0.15, 0.2) is 17.5 Å². The smallest absolute Gasteiger partial charge is 0.179 e. The van der Waals surface area contributed by atoms with Crippen molar-refractivity contribution in [1.82, 2.24) is 9.78 Å². The zero-order valence-corrected chi connectivity index (χ0v) is 24.3. The van der Waals surface area contributed by atoms with Crippen LogP contribution < -0.4 is 10.2 Å². The first kappa shape index (κ1) is 25.1. The Morgan fingerprint density at radius 2 is 1.57 bits per heavy atom. The lowest BCUT2D eigenvalue weighted by molar-refractivity contribution is 0.815. The summed E-state index contributed by atoms with van der Waals surface area (Å²) in [7, 11) is 0. The van der Waals surface area contributed by atoms with E-state index in [4.69, 9.17) is 38.3 Å². The molecule has 1 N–H and O–H groups in total. The van der Waals surface area contributed by atoms with Crippen LogP contribution in [0.15, 0.2) is 112 Å². The Bertz CT molecular complexity index is 1830. The van der Waals surface area contributed by atoms with Crippen molar-refractivity contribution in [3.8, 4) is 5.69 Å². The molecule has 0 saturated heterocycles. The van der Waals surface area contributed by atoms with Gasteiger partial charge in [0.05, 0.1) is 28.8 Å². The lowest BCUT2D eigenvalue weighted by Crippen LogP contribution is -2.46. The second-order valence-corrected chi connectivity index (χ2v) is 11.4. The molecule has 1 atom stereocenters. The molecule has 0 saturated carbocycles. The SMILES string of the molecule is Cc1nn(-c2ccccc2)c2c1[C@@H](c1cccc(Br)c1)N1C(=N2)C(Nc2cc(Cl)cc(Cl)c2)=Nc2ccccc21. The Balaban J connectivity index is 1.50. The first-order chi connectivity index (χ1) is 19.5. The number of aryl methyl sites for hydroxylation is 1. The lowest BCUT2D eigenvalue weighted by Gasteiger charge is -2.40. The average molecular weight is 628 g/mol. The van der Waals surface area contributed by atoms with Gasteiger partial charge in [-0.25, -0.2) is 14.7 Å². The number of aliphatic imine (C=N–C) groups is 2. The van der Waals surface area contributed by atoms with Gasteiger partial charge < -0.3 is 10.2 Å². The third kappa shape index (κ3) is 4.31. The van der Waals surface area contributed by atoms with Crippen LogP contribution >= 0.6 is 39.1 Å². The second-order valence-electron chi connectivity index (χ2n) is 9.57. The number of rotatable bonds is 3. The highest BCUT2D eigenvalue weighted by Gasteiger charge is 2.41. The molecule has 6 nitrogen and oxygen atoms in total. The van der Waals surface area contributed by atoms with E-state index in [2.05, 4.69) is 50.4 Å². The van der Waals surface area contributed by atoms with Gasteiger partial charge in [-0.05, 0) is 67.1 Å². The van der Waals surface area contributed by atoms with Gasteiger partial charge in [0.25, 0.3) is 0 Å². The third-order valence-corrected chi connectivity index (χ3v) is 7.86. The maximum absolute atomic E-state index is 6.34. The summed E-state index contributed by atoms with van der Waals surface area (Å²) in [6, 6.07) is 31.7. The molecule has 40 heavy (non-hydrogen) atoms. The Kier molecular flexibility index (Phi) is 6.23. The molecule has 0 radical (unpaired) electrons. The number of halogens is 3. The van der Waals surface area contributed by atoms with E-state index in [0.717, 1.165) is 49.9 Å². The van der Waals surface area contributed by atoms with Crippen LogP contribution in [-0.2, 0) is 0 Å². The van der Waals surface area contributed by atoms with Gasteiger partial charge in [-0.15, -0.1) is 0 Å². The molecule has 0 unspecified atom stereocenters. The molecule has 1 aromatic heterocycles. The van der Waals surface area contributed by atoms with E-state index in [-0.39, 0.29) is 6.04 Å². The zero-order chi connectivity index (χ0) is 27.4. The molecule has 2 aliphatic heterocycles. The highest BCUT2D eigenvalue weighted by Crippen LogP contribution is 2.48. The summed E-state index contributed by atoms with van der Waals surface area (Å²) in [5, 5.41) is 9.49. The van der Waals surface area contributed by atoms with Crippen molar-refractivity contribution in [1.29, 1.82) is 0 Å². The molecule has 0 bridgehead atoms. The van der Waals surface area contributed by atoms with Gasteiger partial charge in [0.1, 0.15) is 0 Å². The number of amidine groups is 2. The quantitative estimate of drug-likeness (QED) is 0.217. The van der Waals surface area contributed by atoms with Crippen LogP contribution in [-0.4, -0.2) is 21.5 Å². The lowest BCUT2D eigenvalue weighted by atomic mass is 9.93. The molecule has 0 amide bonds. The molecule has 0 fully saturated rings. The molecular formula is C31H21BrCl2N6. The van der Waals surface area contributed by atoms with Crippen molar-refractivity contribution in [3.63, 3.8) is 0 Å². The van der Waals surface area contributed by atoms with Gasteiger partial charge in [0.2, 0.25) is 0 Å². The van der Waals surface area contributed by atoms with Crippen LogP contribution in [0, 0.1) is 6.92 Å². The summed E-state index contributed by atoms with van der Waals surface area (Å²) in [5.74, 6) is 2.02. The maximum Gasteiger partial charge on any atom is 0.179 e. The number of benzene rings is 4. The fourth-order valence-corrected chi connectivity index (χ4v) is 6.24. The van der Waals surface area contributed by atoms with Crippen molar-refractivity contribution >= 4 is 73.7 Å². The standard InChI is InChI=1S/C31H21BrCl2N6/c1-18-27-28(19-8-7-9-20(32)14-19)39-26-13-6-5-12-25(26)36-29(35-23-16-21(33)15-22(34)17-23)31(39)37-30(27)40(38-18)24-10-3-2-4-11-24/h2-17,28H,1H3,(H,35,36)/t28-/m1/s1. The Morgan fingerprint density at radius 1 is 0.825 bits per heavy atom. The van der Waals surface area contributed by atoms with Crippen molar-refractivity contribution in [2.75, 3.05) is 10.2 Å². The number of aromatic nitrogens is 2. The Hall–Kier alpha value is -3.91. The highest BCUT2D eigenvalue weighted by atomic mass is 79.9. The van der Waals surface area contributed by atoms with E-state index in [0.29, 0.717) is 21.7 Å². The van der Waals surface area contributed by atoms with E-state index in [1.54, 1.807) is 6.07 Å². The van der Waals surface area contributed by atoms with Gasteiger partial charge in [-0.1, -0.05) is 81.6 Å². The summed E-state index contributed by atoms with van der Waals surface area (Å²) in [6.45, 7) is 2.04. The number of nitrogens with one attached hydrogen (secondary N) is 1. The average Bonchev–Trinajstić information content (AvgIpc) is 3.28. The first-order valence-electron chi connectivity index (χ1n) is 12.7. The van der Waals surface area contributed by atoms with Crippen molar-refractivity contribution in [2.45, 2.75) is 13.0 Å². The molecule has 9 heteroatoms. The largest absolute Gasteiger partial charge is 0.337 e. The summed E-state index contributed by atoms with van der Waals surface area (Å²) in [5.41, 5.74) is 6.47. The second kappa shape index (κ2) is 9.93. The normalized spacial score (nSPS) is 15.5. The predicted molar refractivity (Wildman–Crippen MR) is 167 cm³/mol. The van der Waals surface area contributed by atoms with Crippen LogP contribution in [0.25, 0.3) is 5.69 Å². The fraction of sp³-hybridized carbons (Fsp3) is 0.0645. The number of anilines is 2. The Labute approximate surface area is 249 Å². The van der Waals surface area contributed by atoms with E-state index < -0.39 is 0 Å². The minimum atomic E-state index is -0.214. The number of fused-ring (bicyclic) bond motifs is 4. The third-order valence-electron chi connectivity index (χ3n) is 6.93. The van der Waals surface area contributed by atoms with E-state index in [1.807, 2.05) is 78.3 Å².